The largest absolute Gasteiger partial charge is 0.480 e. The quantitative estimate of drug-likeness (QED) is 0.0854. The van der Waals surface area contributed by atoms with Crippen LogP contribution >= 0.6 is 0 Å². The summed E-state index contributed by atoms with van der Waals surface area (Å²) in [5, 5.41) is 24.6. The van der Waals surface area contributed by atoms with Gasteiger partial charge in [0.05, 0.1) is 12.1 Å². The fourth-order valence-corrected chi connectivity index (χ4v) is 3.77. The number of guanidine groups is 1. The van der Waals surface area contributed by atoms with Crippen molar-refractivity contribution < 1.29 is 29.4 Å². The summed E-state index contributed by atoms with van der Waals surface area (Å²) < 4.78 is 0. The molecule has 13 heteroatoms. The van der Waals surface area contributed by atoms with Crippen molar-refractivity contribution in [1.29, 1.82) is 0 Å². The third-order valence-corrected chi connectivity index (χ3v) is 5.51. The summed E-state index contributed by atoms with van der Waals surface area (Å²) in [5.41, 5.74) is 16.4. The Morgan fingerprint density at radius 3 is 2.32 bits per heavy atom. The molecule has 0 spiro atoms. The van der Waals surface area contributed by atoms with E-state index in [0.29, 0.717) is 25.7 Å². The number of amides is 3. The molecule has 0 radical (unpaired) electrons. The minimum absolute atomic E-state index is 0.0958. The van der Waals surface area contributed by atoms with Crippen LogP contribution in [0.3, 0.4) is 0 Å². The normalized spacial score (nSPS) is 19.1. The van der Waals surface area contributed by atoms with Crippen LogP contribution in [0.15, 0.2) is 4.99 Å². The summed E-state index contributed by atoms with van der Waals surface area (Å²) in [6.45, 7) is 5.62. The number of aliphatic carboxylic acids is 1. The molecule has 0 aliphatic carbocycles. The van der Waals surface area contributed by atoms with E-state index in [2.05, 4.69) is 15.6 Å². The number of likely N-dealkylation sites (tertiary alicyclic amines) is 1. The van der Waals surface area contributed by atoms with Gasteiger partial charge in [0, 0.05) is 13.1 Å². The first-order valence-corrected chi connectivity index (χ1v) is 11.5. The Balaban J connectivity index is 2.85. The van der Waals surface area contributed by atoms with Gasteiger partial charge in [0.2, 0.25) is 17.7 Å². The zero-order chi connectivity index (χ0) is 26.0. The van der Waals surface area contributed by atoms with E-state index in [1.165, 1.54) is 11.8 Å². The van der Waals surface area contributed by atoms with E-state index in [0.717, 1.165) is 0 Å². The van der Waals surface area contributed by atoms with E-state index in [9.17, 15) is 29.4 Å². The number of carbonyl (C=O) groups is 4. The molecule has 1 aliphatic heterocycles. The van der Waals surface area contributed by atoms with E-state index in [4.69, 9.17) is 17.2 Å². The Hall–Kier alpha value is -2.93. The summed E-state index contributed by atoms with van der Waals surface area (Å²) >= 11 is 0. The number of aliphatic hydroxyl groups is 1. The van der Waals surface area contributed by atoms with Crippen molar-refractivity contribution in [3.05, 3.63) is 0 Å². The van der Waals surface area contributed by atoms with Crippen molar-refractivity contribution >= 4 is 29.7 Å². The first-order chi connectivity index (χ1) is 15.8. The van der Waals surface area contributed by atoms with Crippen molar-refractivity contribution in [2.45, 2.75) is 83.1 Å². The fourth-order valence-electron chi connectivity index (χ4n) is 3.77. The summed E-state index contributed by atoms with van der Waals surface area (Å²) in [4.78, 5) is 55.1. The number of nitrogens with one attached hydrogen (secondary N) is 2. The monoisotopic (exact) mass is 485 g/mol. The molecule has 0 bridgehead atoms. The minimum Gasteiger partial charge on any atom is -0.480 e. The van der Waals surface area contributed by atoms with Gasteiger partial charge in [-0.2, -0.15) is 0 Å². The second-order valence-corrected chi connectivity index (χ2v) is 9.00. The van der Waals surface area contributed by atoms with Crippen molar-refractivity contribution in [2.75, 3.05) is 13.1 Å². The van der Waals surface area contributed by atoms with Crippen LogP contribution in [0.4, 0.5) is 0 Å². The molecule has 1 aliphatic rings. The van der Waals surface area contributed by atoms with Gasteiger partial charge in [0.25, 0.3) is 0 Å². The third-order valence-electron chi connectivity index (χ3n) is 5.51. The highest BCUT2D eigenvalue weighted by Crippen LogP contribution is 2.20. The molecule has 1 rings (SSSR count). The number of carboxylic acids is 1. The highest BCUT2D eigenvalue weighted by molar-refractivity contribution is 5.94. The number of nitrogens with zero attached hydrogens (tertiary/aromatic N) is 2. The molecule has 10 N–H and O–H groups in total. The van der Waals surface area contributed by atoms with Crippen LogP contribution in [0, 0.1) is 5.92 Å². The van der Waals surface area contributed by atoms with Gasteiger partial charge in [-0.15, -0.1) is 0 Å². The number of rotatable bonds is 13. The summed E-state index contributed by atoms with van der Waals surface area (Å²) in [7, 11) is 0. The van der Waals surface area contributed by atoms with E-state index < -0.39 is 54.0 Å². The predicted molar refractivity (Wildman–Crippen MR) is 125 cm³/mol. The van der Waals surface area contributed by atoms with Crippen molar-refractivity contribution in [3.8, 4) is 0 Å². The van der Waals surface area contributed by atoms with Crippen molar-refractivity contribution in [2.24, 2.45) is 28.1 Å². The molecule has 5 unspecified atom stereocenters. The maximum absolute atomic E-state index is 13.2. The lowest BCUT2D eigenvalue weighted by Gasteiger charge is -2.31. The van der Waals surface area contributed by atoms with Crippen LogP contribution in [-0.4, -0.2) is 88.1 Å². The fraction of sp³-hybridized carbons (Fsp3) is 0.762. The molecular formula is C21H39N7O6. The Kier molecular flexibility index (Phi) is 11.7. The average molecular weight is 486 g/mol. The molecule has 5 atom stereocenters. The Labute approximate surface area is 199 Å². The lowest BCUT2D eigenvalue weighted by Crippen LogP contribution is -2.59. The van der Waals surface area contributed by atoms with E-state index in [1.54, 1.807) is 0 Å². The molecule has 3 amide bonds. The maximum atomic E-state index is 13.2. The minimum atomic E-state index is -1.28. The summed E-state index contributed by atoms with van der Waals surface area (Å²) in [5.74, 6) is -2.98. The van der Waals surface area contributed by atoms with Gasteiger partial charge in [0.15, 0.2) is 5.96 Å². The zero-order valence-electron chi connectivity index (χ0n) is 20.1. The molecule has 0 aromatic heterocycles. The van der Waals surface area contributed by atoms with Gasteiger partial charge in [-0.05, 0) is 44.9 Å². The Morgan fingerprint density at radius 2 is 1.79 bits per heavy atom. The number of carbonyl (C=O) groups excluding carboxylic acids is 3. The van der Waals surface area contributed by atoms with E-state index in [1.807, 2.05) is 13.8 Å². The number of hydrogen-bond acceptors (Lipinski definition) is 7. The molecule has 13 nitrogen and oxygen atoms in total. The molecule has 0 aromatic rings. The predicted octanol–water partition coefficient (Wildman–Crippen LogP) is -2.16. The van der Waals surface area contributed by atoms with Crippen LogP contribution in [0.2, 0.25) is 0 Å². The Morgan fingerprint density at radius 1 is 1.15 bits per heavy atom. The topological polar surface area (TPSA) is 226 Å². The molecule has 34 heavy (non-hydrogen) atoms. The van der Waals surface area contributed by atoms with Gasteiger partial charge in [-0.1, -0.05) is 13.8 Å². The van der Waals surface area contributed by atoms with Gasteiger partial charge in [-0.25, -0.2) is 4.79 Å². The highest BCUT2D eigenvalue weighted by Gasteiger charge is 2.40. The van der Waals surface area contributed by atoms with Gasteiger partial charge in [-0.3, -0.25) is 19.4 Å². The number of nitrogens with two attached hydrogens (primary N) is 3. The number of aliphatic hydroxyl groups excluding tert-OH is 1. The van der Waals surface area contributed by atoms with Crippen LogP contribution < -0.4 is 27.8 Å². The van der Waals surface area contributed by atoms with Crippen LogP contribution in [-0.2, 0) is 19.2 Å². The molecule has 194 valence electrons. The highest BCUT2D eigenvalue weighted by atomic mass is 16.4. The van der Waals surface area contributed by atoms with Crippen molar-refractivity contribution in [1.82, 2.24) is 15.5 Å². The standard InChI is InChI=1S/C21H39N7O6/c1-11(2)10-13(22)17(30)27-16(12(3)29)19(32)28-9-5-7-15(28)18(31)26-14(20(33)34)6-4-8-25-21(23)24/h11-16,29H,4-10,22H2,1-3H3,(H,26,31)(H,27,30)(H,33,34)(H4,23,24,25). The molecule has 1 saturated heterocycles. The SMILES string of the molecule is CC(C)CC(N)C(=O)NC(C(=O)N1CCCC1C(=O)NC(CCCN=C(N)N)C(=O)O)C(C)O. The van der Waals surface area contributed by atoms with Gasteiger partial charge in [0.1, 0.15) is 18.1 Å². The smallest absolute Gasteiger partial charge is 0.326 e. The van der Waals surface area contributed by atoms with Crippen LogP contribution in [0.1, 0.15) is 52.9 Å². The Bertz CT molecular complexity index is 754. The molecule has 0 aromatic carbocycles. The molecule has 1 heterocycles. The second kappa shape index (κ2) is 13.7. The van der Waals surface area contributed by atoms with Crippen molar-refractivity contribution in [3.63, 3.8) is 0 Å². The van der Waals surface area contributed by atoms with E-state index >= 15 is 0 Å². The average Bonchev–Trinajstić information content (AvgIpc) is 3.22. The first-order valence-electron chi connectivity index (χ1n) is 11.5. The van der Waals surface area contributed by atoms with E-state index in [-0.39, 0.29) is 31.4 Å². The molecule has 1 fully saturated rings. The number of hydrogen-bond donors (Lipinski definition) is 7. The number of aliphatic imine (C=N–C) groups is 1. The van der Waals surface area contributed by atoms with Crippen LogP contribution in [0.5, 0.6) is 0 Å². The zero-order valence-corrected chi connectivity index (χ0v) is 20.1. The lowest BCUT2D eigenvalue weighted by atomic mass is 10.0. The van der Waals surface area contributed by atoms with Crippen LogP contribution in [0.25, 0.3) is 0 Å². The third kappa shape index (κ3) is 9.14. The number of carboxylic acid groups (broad SMARTS) is 1. The maximum Gasteiger partial charge on any atom is 0.326 e. The lowest BCUT2D eigenvalue weighted by molar-refractivity contribution is -0.146. The second-order valence-electron chi connectivity index (χ2n) is 9.00. The first kappa shape index (κ1) is 29.1. The summed E-state index contributed by atoms with van der Waals surface area (Å²) in [6, 6.07) is -4.23. The molecular weight excluding hydrogens is 446 g/mol. The molecule has 0 saturated carbocycles. The van der Waals surface area contributed by atoms with Gasteiger partial charge >= 0.3 is 5.97 Å². The summed E-state index contributed by atoms with van der Waals surface area (Å²) in [6.07, 6.45) is 0.439. The van der Waals surface area contributed by atoms with Gasteiger partial charge < -0.3 is 42.9 Å².